The summed E-state index contributed by atoms with van der Waals surface area (Å²) >= 11 is 0. The molecular weight excluding hydrogens is 498 g/mol. The van der Waals surface area contributed by atoms with E-state index >= 15 is 0 Å². The van der Waals surface area contributed by atoms with E-state index in [4.69, 9.17) is 9.47 Å². The Balaban J connectivity index is 1.19. The number of rotatable bonds is 12. The Bertz CT molecular complexity index is 1410. The smallest absolute Gasteiger partial charge is 0.256 e. The van der Waals surface area contributed by atoms with Gasteiger partial charge in [0.15, 0.2) is 11.5 Å². The van der Waals surface area contributed by atoms with E-state index in [9.17, 15) is 4.79 Å². The third kappa shape index (κ3) is 6.71. The van der Waals surface area contributed by atoms with E-state index in [0.717, 1.165) is 36.6 Å². The summed E-state index contributed by atoms with van der Waals surface area (Å²) in [6.45, 7) is 3.35. The summed E-state index contributed by atoms with van der Waals surface area (Å²) in [4.78, 5) is 15.0. The van der Waals surface area contributed by atoms with Crippen LogP contribution in [0.4, 0.5) is 11.4 Å². The summed E-state index contributed by atoms with van der Waals surface area (Å²) in [5.74, 6) is 1.09. The van der Waals surface area contributed by atoms with Crippen LogP contribution in [0.3, 0.4) is 0 Å². The molecule has 0 radical (unpaired) electrons. The number of carbonyl (C=O) groups excluding carboxylic acids is 1. The third-order valence-electron chi connectivity index (χ3n) is 6.99. The second-order valence-electron chi connectivity index (χ2n) is 9.85. The maximum Gasteiger partial charge on any atom is 0.256 e. The lowest BCUT2D eigenvalue weighted by Crippen LogP contribution is -2.22. The van der Waals surface area contributed by atoms with Crippen molar-refractivity contribution in [2.45, 2.75) is 26.1 Å². The molecule has 0 spiro atoms. The molecule has 4 aromatic rings. The monoisotopic (exact) mass is 533 g/mol. The molecule has 6 nitrogen and oxygen atoms in total. The van der Waals surface area contributed by atoms with Crippen LogP contribution in [0.1, 0.15) is 28.7 Å². The molecule has 5 rings (SSSR count). The van der Waals surface area contributed by atoms with Crippen molar-refractivity contribution in [1.29, 1.82) is 0 Å². The topological polar surface area (TPSA) is 62.8 Å². The van der Waals surface area contributed by atoms with Crippen LogP contribution in [0, 0.1) is 0 Å². The summed E-state index contributed by atoms with van der Waals surface area (Å²) in [5, 5.41) is 6.39. The minimum absolute atomic E-state index is 0.106. The van der Waals surface area contributed by atoms with Crippen LogP contribution in [0.25, 0.3) is 5.57 Å². The van der Waals surface area contributed by atoms with Gasteiger partial charge in [-0.3, -0.25) is 9.69 Å². The number of carbonyl (C=O) groups is 1. The van der Waals surface area contributed by atoms with Gasteiger partial charge in [-0.15, -0.1) is 0 Å². The predicted molar refractivity (Wildman–Crippen MR) is 162 cm³/mol. The fourth-order valence-electron chi connectivity index (χ4n) is 4.99. The fraction of sp³-hybridized carbons (Fsp3) is 0.206. The number of hydrogen-bond donors (Lipinski definition) is 2. The summed E-state index contributed by atoms with van der Waals surface area (Å²) in [5.41, 5.74) is 7.17. The number of nitrogens with one attached hydrogen (secondary N) is 2. The molecule has 0 atom stereocenters. The number of methoxy groups -OCH3 is 2. The maximum atomic E-state index is 12.6. The molecule has 0 aliphatic carbocycles. The maximum absolute atomic E-state index is 12.6. The van der Waals surface area contributed by atoms with Gasteiger partial charge in [0.1, 0.15) is 0 Å². The Hall–Kier alpha value is -4.55. The predicted octanol–water partition coefficient (Wildman–Crippen LogP) is 6.74. The van der Waals surface area contributed by atoms with Crippen LogP contribution in [-0.2, 0) is 24.4 Å². The number of benzene rings is 4. The quantitative estimate of drug-likeness (QED) is 0.156. The lowest BCUT2D eigenvalue weighted by molar-refractivity contribution is -0.110. The fourth-order valence-corrected chi connectivity index (χ4v) is 4.99. The molecule has 0 aromatic heterocycles. The number of anilines is 2. The Kier molecular flexibility index (Phi) is 8.79. The van der Waals surface area contributed by atoms with Crippen molar-refractivity contribution < 1.29 is 14.3 Å². The largest absolute Gasteiger partial charge is 0.493 e. The van der Waals surface area contributed by atoms with Gasteiger partial charge in [0, 0.05) is 49.1 Å². The highest BCUT2D eigenvalue weighted by Gasteiger charge is 2.26. The highest BCUT2D eigenvalue weighted by Crippen LogP contribution is 2.40. The first kappa shape index (κ1) is 27.0. The van der Waals surface area contributed by atoms with E-state index in [1.54, 1.807) is 20.3 Å². The van der Waals surface area contributed by atoms with Crippen molar-refractivity contribution in [3.8, 4) is 11.5 Å². The minimum Gasteiger partial charge on any atom is -0.493 e. The minimum atomic E-state index is -0.106. The lowest BCUT2D eigenvalue weighted by atomic mass is 10.1. The van der Waals surface area contributed by atoms with Gasteiger partial charge in [-0.2, -0.15) is 0 Å². The van der Waals surface area contributed by atoms with E-state index in [2.05, 4.69) is 100 Å². The van der Waals surface area contributed by atoms with Gasteiger partial charge in [0.2, 0.25) is 0 Å². The lowest BCUT2D eigenvalue weighted by Gasteiger charge is -2.23. The zero-order valence-corrected chi connectivity index (χ0v) is 23.0. The first-order valence-electron chi connectivity index (χ1n) is 13.5. The Morgan fingerprint density at radius 1 is 0.750 bits per heavy atom. The van der Waals surface area contributed by atoms with Crippen molar-refractivity contribution in [3.05, 3.63) is 125 Å². The van der Waals surface area contributed by atoms with E-state index in [0.29, 0.717) is 30.0 Å². The summed E-state index contributed by atoms with van der Waals surface area (Å²) in [6.07, 6.45) is 2.68. The SMILES string of the molecule is COc1cc2c(cc1OC)C(=CCCNc1ccc(CN(Cc3ccccc3)Cc3ccccc3)cc1)C(=O)N2. The molecule has 0 saturated carbocycles. The number of hydrogen-bond acceptors (Lipinski definition) is 5. The normalized spacial score (nSPS) is 13.3. The number of amides is 1. The highest BCUT2D eigenvalue weighted by atomic mass is 16.5. The first-order valence-corrected chi connectivity index (χ1v) is 13.5. The molecule has 0 fully saturated rings. The van der Waals surface area contributed by atoms with Crippen molar-refractivity contribution in [3.63, 3.8) is 0 Å². The standard InChI is InChI=1S/C34H35N3O3/c1-39-32-20-30-29(34(38)36-31(30)21-33(32)40-2)14-9-19-35-28-17-15-27(16-18-28)24-37(22-25-10-5-3-6-11-25)23-26-12-7-4-8-13-26/h3-8,10-18,20-21,35H,9,19,22-24H2,1-2H3,(H,36,38). The molecule has 0 unspecified atom stereocenters. The van der Waals surface area contributed by atoms with Crippen molar-refractivity contribution in [2.24, 2.45) is 0 Å². The number of fused-ring (bicyclic) bond motifs is 1. The van der Waals surface area contributed by atoms with Gasteiger partial charge >= 0.3 is 0 Å². The summed E-state index contributed by atoms with van der Waals surface area (Å²) < 4.78 is 10.8. The summed E-state index contributed by atoms with van der Waals surface area (Å²) in [6, 6.07) is 33.5. The van der Waals surface area contributed by atoms with Gasteiger partial charge in [-0.05, 0) is 41.3 Å². The zero-order valence-electron chi connectivity index (χ0n) is 23.0. The molecule has 40 heavy (non-hydrogen) atoms. The molecule has 0 saturated heterocycles. The van der Waals surface area contributed by atoms with Crippen LogP contribution in [0.5, 0.6) is 11.5 Å². The second kappa shape index (κ2) is 13.0. The zero-order chi connectivity index (χ0) is 27.7. The number of nitrogens with zero attached hydrogens (tertiary/aromatic N) is 1. The Labute approximate surface area is 236 Å². The van der Waals surface area contributed by atoms with Crippen LogP contribution in [-0.4, -0.2) is 31.6 Å². The molecule has 1 aliphatic heterocycles. The molecule has 1 amide bonds. The van der Waals surface area contributed by atoms with Crippen molar-refractivity contribution in [1.82, 2.24) is 4.90 Å². The van der Waals surface area contributed by atoms with Crippen molar-refractivity contribution >= 4 is 22.9 Å². The van der Waals surface area contributed by atoms with E-state index in [-0.39, 0.29) is 5.91 Å². The molecule has 0 bridgehead atoms. The van der Waals surface area contributed by atoms with Gasteiger partial charge < -0.3 is 20.1 Å². The highest BCUT2D eigenvalue weighted by molar-refractivity contribution is 6.31. The molecule has 1 heterocycles. The molecule has 1 aliphatic rings. The van der Waals surface area contributed by atoms with Gasteiger partial charge in [-0.1, -0.05) is 78.9 Å². The molecule has 2 N–H and O–H groups in total. The van der Waals surface area contributed by atoms with Gasteiger partial charge in [0.05, 0.1) is 19.9 Å². The molecule has 4 aromatic carbocycles. The van der Waals surface area contributed by atoms with E-state index in [1.165, 1.54) is 16.7 Å². The van der Waals surface area contributed by atoms with Crippen LogP contribution < -0.4 is 20.1 Å². The molecular formula is C34H35N3O3. The third-order valence-corrected chi connectivity index (χ3v) is 6.99. The van der Waals surface area contributed by atoms with Crippen LogP contribution in [0.2, 0.25) is 0 Å². The Morgan fingerprint density at radius 3 is 1.88 bits per heavy atom. The van der Waals surface area contributed by atoms with Crippen molar-refractivity contribution in [2.75, 3.05) is 31.4 Å². The van der Waals surface area contributed by atoms with E-state index < -0.39 is 0 Å². The average Bonchev–Trinajstić information content (AvgIpc) is 3.29. The summed E-state index contributed by atoms with van der Waals surface area (Å²) in [7, 11) is 3.18. The first-order chi connectivity index (χ1) is 19.6. The average molecular weight is 534 g/mol. The second-order valence-corrected chi connectivity index (χ2v) is 9.85. The van der Waals surface area contributed by atoms with Gasteiger partial charge in [0.25, 0.3) is 5.91 Å². The Morgan fingerprint density at radius 2 is 1.30 bits per heavy atom. The van der Waals surface area contributed by atoms with E-state index in [1.807, 2.05) is 12.1 Å². The molecule has 204 valence electrons. The number of ether oxygens (including phenoxy) is 2. The van der Waals surface area contributed by atoms with Gasteiger partial charge in [-0.25, -0.2) is 0 Å². The molecule has 6 heteroatoms. The van der Waals surface area contributed by atoms with Crippen LogP contribution in [0.15, 0.2) is 103 Å². The van der Waals surface area contributed by atoms with Crippen LogP contribution >= 0.6 is 0 Å².